The highest BCUT2D eigenvalue weighted by Crippen LogP contribution is 2.31. The Labute approximate surface area is 178 Å². The molecule has 30 heavy (non-hydrogen) atoms. The summed E-state index contributed by atoms with van der Waals surface area (Å²) in [5.41, 5.74) is 3.00. The number of aromatic nitrogens is 3. The zero-order chi connectivity index (χ0) is 20.5. The van der Waals surface area contributed by atoms with E-state index in [4.69, 9.17) is 0 Å². The van der Waals surface area contributed by atoms with Crippen LogP contribution in [0.4, 0.5) is 0 Å². The predicted molar refractivity (Wildman–Crippen MR) is 116 cm³/mol. The molecule has 0 aliphatic carbocycles. The van der Waals surface area contributed by atoms with Gasteiger partial charge in [-0.05, 0) is 43.1 Å². The van der Waals surface area contributed by atoms with Crippen molar-refractivity contribution in [3.05, 3.63) is 69.3 Å². The van der Waals surface area contributed by atoms with Gasteiger partial charge in [0.1, 0.15) is 10.6 Å². The summed E-state index contributed by atoms with van der Waals surface area (Å²) in [5, 5.41) is 9.23. The van der Waals surface area contributed by atoms with Crippen LogP contribution in [0.15, 0.2) is 46.8 Å². The van der Waals surface area contributed by atoms with E-state index >= 15 is 0 Å². The summed E-state index contributed by atoms with van der Waals surface area (Å²) in [6.07, 6.45) is 5.26. The minimum atomic E-state index is -0.313. The number of carbonyl (C=O) groups excluding carboxylic acids is 1. The molecule has 1 saturated heterocycles. The van der Waals surface area contributed by atoms with Crippen molar-refractivity contribution >= 4 is 17.2 Å². The Morgan fingerprint density at radius 2 is 2.23 bits per heavy atom. The largest absolute Gasteiger partial charge is 0.351 e. The number of fused-ring (bicyclic) bond motifs is 4. The zero-order valence-corrected chi connectivity index (χ0v) is 17.3. The molecular weight excluding hydrogens is 398 g/mol. The van der Waals surface area contributed by atoms with Crippen LogP contribution in [0.5, 0.6) is 0 Å². The quantitative estimate of drug-likeness (QED) is 0.658. The van der Waals surface area contributed by atoms with Crippen molar-refractivity contribution in [3.63, 3.8) is 0 Å². The van der Waals surface area contributed by atoms with Crippen molar-refractivity contribution in [3.8, 4) is 10.6 Å². The highest BCUT2D eigenvalue weighted by Gasteiger charge is 2.31. The van der Waals surface area contributed by atoms with Crippen molar-refractivity contribution in [1.82, 2.24) is 25.2 Å². The van der Waals surface area contributed by atoms with E-state index in [0.29, 0.717) is 31.3 Å². The number of hydrogen-bond donors (Lipinski definition) is 2. The third-order valence-electron chi connectivity index (χ3n) is 5.88. The molecular formula is C22H23N5O2S. The molecule has 0 spiro atoms. The van der Waals surface area contributed by atoms with Gasteiger partial charge >= 0.3 is 0 Å². The molecule has 5 heterocycles. The minimum absolute atomic E-state index is 0.172. The van der Waals surface area contributed by atoms with Crippen LogP contribution in [0.2, 0.25) is 0 Å². The first-order chi connectivity index (χ1) is 14.7. The van der Waals surface area contributed by atoms with E-state index in [-0.39, 0.29) is 17.0 Å². The Morgan fingerprint density at radius 3 is 3.10 bits per heavy atom. The van der Waals surface area contributed by atoms with Crippen LogP contribution in [0, 0.1) is 5.92 Å². The number of piperidine rings is 1. The second-order valence-electron chi connectivity index (χ2n) is 7.94. The summed E-state index contributed by atoms with van der Waals surface area (Å²) in [6, 6.07) is 7.50. The van der Waals surface area contributed by atoms with E-state index in [9.17, 15) is 9.59 Å². The van der Waals surface area contributed by atoms with Crippen LogP contribution in [0.3, 0.4) is 0 Å². The fourth-order valence-corrected chi connectivity index (χ4v) is 5.25. The Balaban J connectivity index is 1.24. The number of nitrogens with zero attached hydrogens (tertiary/aromatic N) is 3. The van der Waals surface area contributed by atoms with Gasteiger partial charge in [-0.1, -0.05) is 0 Å². The molecule has 154 valence electrons. The van der Waals surface area contributed by atoms with Gasteiger partial charge in [-0.25, -0.2) is 4.98 Å². The molecule has 3 aromatic rings. The molecule has 0 unspecified atom stereocenters. The average Bonchev–Trinajstić information content (AvgIpc) is 3.24. The third-order valence-corrected chi connectivity index (χ3v) is 6.82. The molecule has 2 bridgehead atoms. The van der Waals surface area contributed by atoms with Gasteiger partial charge in [-0.15, -0.1) is 11.3 Å². The number of carbonyl (C=O) groups is 1. The summed E-state index contributed by atoms with van der Waals surface area (Å²) in [7, 11) is 0. The number of amides is 1. The number of nitrogens with one attached hydrogen (secondary N) is 2. The number of rotatable bonds is 5. The first-order valence-electron chi connectivity index (χ1n) is 10.3. The monoisotopic (exact) mass is 421 g/mol. The second kappa shape index (κ2) is 8.12. The molecule has 8 heteroatoms. The van der Waals surface area contributed by atoms with Crippen LogP contribution >= 0.6 is 11.3 Å². The highest BCUT2D eigenvalue weighted by atomic mass is 32.1. The van der Waals surface area contributed by atoms with E-state index in [1.165, 1.54) is 0 Å². The lowest BCUT2D eigenvalue weighted by Gasteiger charge is -2.37. The maximum atomic E-state index is 12.9. The van der Waals surface area contributed by atoms with E-state index in [1.807, 2.05) is 28.1 Å². The zero-order valence-electron chi connectivity index (χ0n) is 16.5. The number of pyridine rings is 2. The van der Waals surface area contributed by atoms with Crippen molar-refractivity contribution < 1.29 is 4.79 Å². The van der Waals surface area contributed by atoms with Crippen LogP contribution in [0.25, 0.3) is 10.6 Å². The smallest absolute Gasteiger partial charge is 0.263 e. The Hall–Kier alpha value is -2.84. The summed E-state index contributed by atoms with van der Waals surface area (Å²) in [5.74, 6) is 0.513. The standard InChI is InChI=1S/C22H23N5O2S/c28-20(25-7-5-17-13-30-21(26-17)15-2-1-6-23-10-15)18-3-4-19-16-8-14(9-24-11-16)12-27(19)22(18)29/h1-4,6,10,13-14,16,24H,5,7-9,11-12H2,(H,25,28)/t14-,16+/m0/s1. The molecule has 1 fully saturated rings. The topological polar surface area (TPSA) is 88.9 Å². The minimum Gasteiger partial charge on any atom is -0.351 e. The maximum Gasteiger partial charge on any atom is 0.263 e. The SMILES string of the molecule is O=C(NCCc1csc(-c2cccnc2)n1)c1ccc2n(c1=O)C[C@@H]1CNC[C@H]2C1. The Kier molecular flexibility index (Phi) is 5.18. The lowest BCUT2D eigenvalue weighted by Crippen LogP contribution is -2.46. The second-order valence-corrected chi connectivity index (χ2v) is 8.79. The van der Waals surface area contributed by atoms with Gasteiger partial charge in [0.25, 0.3) is 11.5 Å². The highest BCUT2D eigenvalue weighted by molar-refractivity contribution is 7.13. The van der Waals surface area contributed by atoms with Crippen LogP contribution < -0.4 is 16.2 Å². The van der Waals surface area contributed by atoms with E-state index in [1.54, 1.807) is 29.8 Å². The van der Waals surface area contributed by atoms with Gasteiger partial charge in [-0.2, -0.15) is 0 Å². The van der Waals surface area contributed by atoms with Crippen LogP contribution in [-0.2, 0) is 13.0 Å². The molecule has 7 nitrogen and oxygen atoms in total. The van der Waals surface area contributed by atoms with Crippen molar-refractivity contribution in [1.29, 1.82) is 0 Å². The Morgan fingerprint density at radius 1 is 1.30 bits per heavy atom. The van der Waals surface area contributed by atoms with E-state index in [2.05, 4.69) is 20.6 Å². The van der Waals surface area contributed by atoms with Crippen LogP contribution in [0.1, 0.15) is 34.1 Å². The predicted octanol–water partition coefficient (Wildman–Crippen LogP) is 2.05. The molecule has 0 saturated carbocycles. The number of hydrogen-bond acceptors (Lipinski definition) is 6. The molecule has 0 aromatic carbocycles. The van der Waals surface area contributed by atoms with Crippen molar-refractivity contribution in [2.75, 3.05) is 19.6 Å². The van der Waals surface area contributed by atoms with Crippen molar-refractivity contribution in [2.45, 2.75) is 25.3 Å². The van der Waals surface area contributed by atoms with Gasteiger partial charge < -0.3 is 15.2 Å². The summed E-state index contributed by atoms with van der Waals surface area (Å²) in [6.45, 7) is 2.96. The lowest BCUT2D eigenvalue weighted by atomic mass is 9.84. The van der Waals surface area contributed by atoms with Gasteiger partial charge in [0, 0.05) is 61.0 Å². The molecule has 1 amide bonds. The molecule has 2 aliphatic rings. The first-order valence-corrected chi connectivity index (χ1v) is 11.1. The fraction of sp³-hybridized carbons (Fsp3) is 0.364. The summed E-state index contributed by atoms with van der Waals surface area (Å²) >= 11 is 1.56. The van der Waals surface area contributed by atoms with E-state index in [0.717, 1.165) is 41.5 Å². The molecule has 3 aromatic heterocycles. The normalized spacial score (nSPS) is 19.9. The lowest BCUT2D eigenvalue weighted by molar-refractivity contribution is 0.0951. The Bertz CT molecular complexity index is 1120. The summed E-state index contributed by atoms with van der Waals surface area (Å²) in [4.78, 5) is 34.3. The first kappa shape index (κ1) is 19.1. The molecule has 2 atom stereocenters. The third kappa shape index (κ3) is 3.68. The van der Waals surface area contributed by atoms with Gasteiger partial charge in [0.15, 0.2) is 0 Å². The van der Waals surface area contributed by atoms with E-state index < -0.39 is 0 Å². The number of thiazole rings is 1. The molecule has 2 aliphatic heterocycles. The molecule has 2 N–H and O–H groups in total. The van der Waals surface area contributed by atoms with Gasteiger partial charge in [0.05, 0.1) is 5.69 Å². The van der Waals surface area contributed by atoms with Gasteiger partial charge in [-0.3, -0.25) is 14.6 Å². The van der Waals surface area contributed by atoms with Crippen LogP contribution in [-0.4, -0.2) is 40.1 Å². The van der Waals surface area contributed by atoms with Crippen molar-refractivity contribution in [2.24, 2.45) is 5.92 Å². The molecule has 5 rings (SSSR count). The van der Waals surface area contributed by atoms with Gasteiger partial charge in [0.2, 0.25) is 0 Å². The average molecular weight is 422 g/mol. The fourth-order valence-electron chi connectivity index (χ4n) is 4.41. The molecule has 0 radical (unpaired) electrons. The maximum absolute atomic E-state index is 12.9. The summed E-state index contributed by atoms with van der Waals surface area (Å²) < 4.78 is 1.81.